The number of fused-ring (bicyclic) bond motifs is 1. The quantitative estimate of drug-likeness (QED) is 0.669. The number of methoxy groups -OCH3 is 1. The standard InChI is InChI=1S/C14H11NO2/c1-16-13-7-3-4-10-11(13)5-2-6-12(10)14-15-8-9-17-14/h2-9H,1H3. The molecule has 0 radical (unpaired) electrons. The summed E-state index contributed by atoms with van der Waals surface area (Å²) in [6.07, 6.45) is 3.22. The van der Waals surface area contributed by atoms with Crippen LogP contribution in [-0.2, 0) is 0 Å². The number of hydrogen-bond donors (Lipinski definition) is 0. The van der Waals surface area contributed by atoms with Gasteiger partial charge in [0.05, 0.1) is 13.3 Å². The van der Waals surface area contributed by atoms with Gasteiger partial charge in [-0.2, -0.15) is 0 Å². The summed E-state index contributed by atoms with van der Waals surface area (Å²) < 4.78 is 10.7. The van der Waals surface area contributed by atoms with Crippen LogP contribution in [0.3, 0.4) is 0 Å². The zero-order chi connectivity index (χ0) is 11.7. The Bertz CT molecular complexity index is 644. The van der Waals surface area contributed by atoms with E-state index in [2.05, 4.69) is 4.98 Å². The summed E-state index contributed by atoms with van der Waals surface area (Å²) in [4.78, 5) is 4.18. The number of hydrogen-bond acceptors (Lipinski definition) is 3. The molecule has 3 nitrogen and oxygen atoms in total. The number of benzene rings is 2. The van der Waals surface area contributed by atoms with E-state index in [0.717, 1.165) is 22.1 Å². The van der Waals surface area contributed by atoms with Gasteiger partial charge in [0.2, 0.25) is 5.89 Å². The molecule has 84 valence electrons. The van der Waals surface area contributed by atoms with E-state index in [4.69, 9.17) is 9.15 Å². The van der Waals surface area contributed by atoms with Crippen LogP contribution in [0.4, 0.5) is 0 Å². The normalized spacial score (nSPS) is 10.6. The topological polar surface area (TPSA) is 35.3 Å². The fourth-order valence-corrected chi connectivity index (χ4v) is 2.00. The van der Waals surface area contributed by atoms with E-state index in [1.54, 1.807) is 19.6 Å². The maximum atomic E-state index is 5.35. The lowest BCUT2D eigenvalue weighted by atomic mass is 10.0. The van der Waals surface area contributed by atoms with Gasteiger partial charge in [-0.25, -0.2) is 4.98 Å². The molecule has 0 N–H and O–H groups in total. The van der Waals surface area contributed by atoms with Crippen LogP contribution in [0.15, 0.2) is 53.3 Å². The molecule has 0 aliphatic carbocycles. The zero-order valence-electron chi connectivity index (χ0n) is 9.38. The lowest BCUT2D eigenvalue weighted by molar-refractivity contribution is 0.420. The highest BCUT2D eigenvalue weighted by Gasteiger charge is 2.09. The van der Waals surface area contributed by atoms with Crippen molar-refractivity contribution in [3.8, 4) is 17.2 Å². The molecular weight excluding hydrogens is 214 g/mol. The average molecular weight is 225 g/mol. The minimum Gasteiger partial charge on any atom is -0.496 e. The van der Waals surface area contributed by atoms with Crippen LogP contribution in [0.5, 0.6) is 5.75 Å². The molecule has 2 aromatic carbocycles. The lowest BCUT2D eigenvalue weighted by Gasteiger charge is -2.07. The molecular formula is C14H11NO2. The van der Waals surface area contributed by atoms with Crippen molar-refractivity contribution in [2.24, 2.45) is 0 Å². The Balaban J connectivity index is 2.34. The van der Waals surface area contributed by atoms with E-state index in [-0.39, 0.29) is 0 Å². The minimum atomic E-state index is 0.629. The highest BCUT2D eigenvalue weighted by molar-refractivity contribution is 5.98. The van der Waals surface area contributed by atoms with E-state index >= 15 is 0 Å². The van der Waals surface area contributed by atoms with Crippen molar-refractivity contribution < 1.29 is 9.15 Å². The number of nitrogens with zero attached hydrogens (tertiary/aromatic N) is 1. The number of aromatic nitrogens is 1. The van der Waals surface area contributed by atoms with E-state index < -0.39 is 0 Å². The average Bonchev–Trinajstić information content (AvgIpc) is 2.91. The second-order valence-electron chi connectivity index (χ2n) is 3.70. The first-order chi connectivity index (χ1) is 8.40. The van der Waals surface area contributed by atoms with Crippen LogP contribution >= 0.6 is 0 Å². The van der Waals surface area contributed by atoms with Crippen molar-refractivity contribution >= 4 is 10.8 Å². The Morgan fingerprint density at radius 3 is 2.65 bits per heavy atom. The molecule has 0 bridgehead atoms. The van der Waals surface area contributed by atoms with Crippen LogP contribution in [-0.4, -0.2) is 12.1 Å². The Kier molecular flexibility index (Phi) is 2.29. The molecule has 1 heterocycles. The van der Waals surface area contributed by atoms with E-state index in [1.807, 2.05) is 36.4 Å². The van der Waals surface area contributed by atoms with E-state index in [1.165, 1.54) is 0 Å². The summed E-state index contributed by atoms with van der Waals surface area (Å²) in [6.45, 7) is 0. The fraction of sp³-hybridized carbons (Fsp3) is 0.0714. The fourth-order valence-electron chi connectivity index (χ4n) is 2.00. The Morgan fingerprint density at radius 1 is 1.06 bits per heavy atom. The van der Waals surface area contributed by atoms with E-state index in [9.17, 15) is 0 Å². The molecule has 0 unspecified atom stereocenters. The zero-order valence-corrected chi connectivity index (χ0v) is 9.38. The number of oxazole rings is 1. The molecule has 3 heteroatoms. The number of ether oxygens (including phenoxy) is 1. The van der Waals surface area contributed by atoms with Crippen LogP contribution in [0.1, 0.15) is 0 Å². The smallest absolute Gasteiger partial charge is 0.226 e. The predicted octanol–water partition coefficient (Wildman–Crippen LogP) is 3.50. The van der Waals surface area contributed by atoms with Gasteiger partial charge < -0.3 is 9.15 Å². The molecule has 0 saturated heterocycles. The second kappa shape index (κ2) is 3.94. The molecule has 0 spiro atoms. The second-order valence-corrected chi connectivity index (χ2v) is 3.70. The van der Waals surface area contributed by atoms with Crippen LogP contribution < -0.4 is 4.74 Å². The summed E-state index contributed by atoms with van der Waals surface area (Å²) in [7, 11) is 1.67. The van der Waals surface area contributed by atoms with Gasteiger partial charge >= 0.3 is 0 Å². The maximum absolute atomic E-state index is 5.35. The minimum absolute atomic E-state index is 0.629. The third kappa shape index (κ3) is 1.56. The van der Waals surface area contributed by atoms with Gasteiger partial charge in [-0.05, 0) is 17.5 Å². The Morgan fingerprint density at radius 2 is 1.88 bits per heavy atom. The Hall–Kier alpha value is -2.29. The van der Waals surface area contributed by atoms with Gasteiger partial charge in [0.25, 0.3) is 0 Å². The summed E-state index contributed by atoms with van der Waals surface area (Å²) in [5.74, 6) is 1.49. The first-order valence-corrected chi connectivity index (χ1v) is 5.36. The molecule has 0 fully saturated rings. The van der Waals surface area contributed by atoms with Crippen molar-refractivity contribution in [3.63, 3.8) is 0 Å². The van der Waals surface area contributed by atoms with Gasteiger partial charge in [0.15, 0.2) is 0 Å². The molecule has 1 aromatic heterocycles. The highest BCUT2D eigenvalue weighted by atomic mass is 16.5. The summed E-state index contributed by atoms with van der Waals surface area (Å²) in [6, 6.07) is 11.9. The maximum Gasteiger partial charge on any atom is 0.226 e. The molecule has 17 heavy (non-hydrogen) atoms. The monoisotopic (exact) mass is 225 g/mol. The van der Waals surface area contributed by atoms with Gasteiger partial charge in [-0.1, -0.05) is 24.3 Å². The highest BCUT2D eigenvalue weighted by Crippen LogP contribution is 2.32. The Labute approximate surface area is 98.7 Å². The van der Waals surface area contributed by atoms with Crippen LogP contribution in [0, 0.1) is 0 Å². The lowest BCUT2D eigenvalue weighted by Crippen LogP contribution is -1.86. The van der Waals surface area contributed by atoms with Crippen LogP contribution in [0.25, 0.3) is 22.2 Å². The molecule has 0 aliphatic heterocycles. The van der Waals surface area contributed by atoms with Crippen LogP contribution in [0.2, 0.25) is 0 Å². The SMILES string of the molecule is COc1cccc2c(-c3ncco3)cccc12. The van der Waals surface area contributed by atoms with Crippen molar-refractivity contribution in [3.05, 3.63) is 48.9 Å². The third-order valence-corrected chi connectivity index (χ3v) is 2.76. The number of rotatable bonds is 2. The first-order valence-electron chi connectivity index (χ1n) is 5.36. The van der Waals surface area contributed by atoms with Gasteiger partial charge in [0.1, 0.15) is 12.0 Å². The van der Waals surface area contributed by atoms with Crippen molar-refractivity contribution in [2.75, 3.05) is 7.11 Å². The van der Waals surface area contributed by atoms with Crippen molar-refractivity contribution in [1.29, 1.82) is 0 Å². The van der Waals surface area contributed by atoms with Gasteiger partial charge in [-0.3, -0.25) is 0 Å². The molecule has 0 saturated carbocycles. The predicted molar refractivity (Wildman–Crippen MR) is 66.0 cm³/mol. The summed E-state index contributed by atoms with van der Waals surface area (Å²) in [5, 5.41) is 2.14. The molecule has 3 aromatic rings. The van der Waals surface area contributed by atoms with E-state index in [0.29, 0.717) is 5.89 Å². The van der Waals surface area contributed by atoms with Crippen molar-refractivity contribution in [2.45, 2.75) is 0 Å². The summed E-state index contributed by atoms with van der Waals surface area (Å²) >= 11 is 0. The third-order valence-electron chi connectivity index (χ3n) is 2.76. The largest absolute Gasteiger partial charge is 0.496 e. The van der Waals surface area contributed by atoms with Gasteiger partial charge in [0, 0.05) is 10.9 Å². The van der Waals surface area contributed by atoms with Crippen molar-refractivity contribution in [1.82, 2.24) is 4.98 Å². The molecule has 3 rings (SSSR count). The molecule has 0 aliphatic rings. The van der Waals surface area contributed by atoms with Gasteiger partial charge in [-0.15, -0.1) is 0 Å². The summed E-state index contributed by atoms with van der Waals surface area (Å²) in [5.41, 5.74) is 0.978. The molecule has 0 amide bonds. The molecule has 0 atom stereocenters. The first kappa shape index (κ1) is 9.90.